The fourth-order valence-electron chi connectivity index (χ4n) is 1.22. The van der Waals surface area contributed by atoms with Gasteiger partial charge in [-0.3, -0.25) is 20.2 Å². The smallest absolute Gasteiger partial charge is 0.373 e. The molecular formula is C9H12N3O7S+. The summed E-state index contributed by atoms with van der Waals surface area (Å²) in [6.45, 7) is 0. The molecule has 1 N–H and O–H groups in total. The van der Waals surface area contributed by atoms with E-state index in [2.05, 4.69) is 0 Å². The van der Waals surface area contributed by atoms with Gasteiger partial charge in [-0.1, -0.05) is 0 Å². The number of non-ortho nitro benzene ring substituents is 1. The van der Waals surface area contributed by atoms with E-state index < -0.39 is 43.0 Å². The van der Waals surface area contributed by atoms with Crippen LogP contribution in [0.1, 0.15) is 0 Å². The molecule has 1 aromatic carbocycles. The Morgan fingerprint density at radius 1 is 1.05 bits per heavy atom. The third kappa shape index (κ3) is 3.54. The Labute approximate surface area is 114 Å². The number of hydrogen-bond acceptors (Lipinski definition) is 7. The largest absolute Gasteiger partial charge is 0.497 e. The summed E-state index contributed by atoms with van der Waals surface area (Å²) in [7, 11) is -1.79. The van der Waals surface area contributed by atoms with Crippen molar-refractivity contribution >= 4 is 27.4 Å². The van der Waals surface area contributed by atoms with Gasteiger partial charge in [0.15, 0.2) is 0 Å². The summed E-state index contributed by atoms with van der Waals surface area (Å²) in [6, 6.07) is 1.27. The quantitative estimate of drug-likeness (QED) is 0.650. The first kappa shape index (κ1) is 15.6. The summed E-state index contributed by atoms with van der Waals surface area (Å²) in [5.74, 6) is -0.987. The molecule has 0 unspecified atom stereocenters. The summed E-state index contributed by atoms with van der Waals surface area (Å²) in [4.78, 5) is 31.1. The number of nitro groups is 2. The van der Waals surface area contributed by atoms with Crippen LogP contribution >= 0.6 is 10.3 Å². The molecule has 0 aliphatic carbocycles. The van der Waals surface area contributed by atoms with E-state index in [1.165, 1.54) is 0 Å². The van der Waals surface area contributed by atoms with Crippen molar-refractivity contribution in [2.75, 3.05) is 18.8 Å². The second-order valence-electron chi connectivity index (χ2n) is 4.40. The monoisotopic (exact) mass is 306 g/mol. The lowest BCUT2D eigenvalue weighted by Gasteiger charge is -2.15. The predicted octanol–water partition coefficient (Wildman–Crippen LogP) is 2.16. The first-order valence-corrected chi connectivity index (χ1v) is 7.82. The topological polar surface area (TPSA) is 136 Å². The Bertz CT molecular complexity index is 596. The molecule has 0 heterocycles. The highest BCUT2D eigenvalue weighted by atomic mass is 32.3. The van der Waals surface area contributed by atoms with Crippen LogP contribution < -0.4 is 0 Å². The van der Waals surface area contributed by atoms with Gasteiger partial charge in [0.05, 0.1) is 20.8 Å². The maximum Gasteiger partial charge on any atom is 0.373 e. The molecule has 20 heavy (non-hydrogen) atoms. The van der Waals surface area contributed by atoms with Gasteiger partial charge < -0.3 is 5.11 Å². The van der Waals surface area contributed by atoms with Gasteiger partial charge in [0.2, 0.25) is 0 Å². The van der Waals surface area contributed by atoms with Gasteiger partial charge in [0.25, 0.3) is 16.4 Å². The minimum atomic E-state index is -1.79. The van der Waals surface area contributed by atoms with E-state index >= 15 is 0 Å². The van der Waals surface area contributed by atoms with Gasteiger partial charge in [0.1, 0.15) is 6.07 Å². The van der Waals surface area contributed by atoms with E-state index in [4.69, 9.17) is 4.28 Å². The molecule has 11 heteroatoms. The van der Waals surface area contributed by atoms with E-state index in [1.807, 2.05) is 0 Å². The van der Waals surface area contributed by atoms with Crippen LogP contribution in [0.15, 0.2) is 12.1 Å². The lowest BCUT2D eigenvalue weighted by Crippen LogP contribution is -2.08. The molecule has 0 radical (unpaired) electrons. The number of benzene rings is 1. The molecular weight excluding hydrogens is 294 g/mol. The van der Waals surface area contributed by atoms with Crippen LogP contribution in [0, 0.1) is 25.1 Å². The van der Waals surface area contributed by atoms with Crippen molar-refractivity contribution in [2.45, 2.75) is 0 Å². The van der Waals surface area contributed by atoms with Crippen LogP contribution in [0.25, 0.3) is 0 Å². The fraction of sp³-hybridized carbons (Fsp3) is 0.333. The minimum absolute atomic E-state index is 0.148. The lowest BCUT2D eigenvalue weighted by molar-refractivity contribution is -0.696. The molecule has 0 saturated carbocycles. The molecule has 0 aliphatic rings. The zero-order chi connectivity index (χ0) is 15.7. The Morgan fingerprint density at radius 3 is 1.95 bits per heavy atom. The molecule has 0 spiro atoms. The Hall–Kier alpha value is -2.43. The van der Waals surface area contributed by atoms with Crippen molar-refractivity contribution < 1.29 is 24.2 Å². The SMILES string of the molecule is CS(C)(C)O[N+](=O)c1cc([N+](=O)[O-])cc([N+](=O)[O-])c1O. The molecule has 0 amide bonds. The highest BCUT2D eigenvalue weighted by Gasteiger charge is 2.36. The van der Waals surface area contributed by atoms with Gasteiger partial charge in [0, 0.05) is 18.8 Å². The average Bonchev–Trinajstić information content (AvgIpc) is 2.25. The molecule has 0 aliphatic heterocycles. The van der Waals surface area contributed by atoms with Crippen LogP contribution in [0.5, 0.6) is 5.75 Å². The second kappa shape index (κ2) is 5.28. The number of phenolic OH excluding ortho intramolecular Hbond substituents is 1. The standard InChI is InChI=1S/C9H11N3O7S/c1-20(2,3)19-12(18)8-5-6(10(14)15)4-7(9(8)13)11(16)17/h4-5H,1-3H3/p+1. The van der Waals surface area contributed by atoms with E-state index in [1.54, 1.807) is 18.8 Å². The van der Waals surface area contributed by atoms with Crippen molar-refractivity contribution in [1.82, 2.24) is 0 Å². The molecule has 110 valence electrons. The zero-order valence-corrected chi connectivity index (χ0v) is 11.6. The molecule has 1 rings (SSSR count). The maximum atomic E-state index is 11.7. The zero-order valence-electron chi connectivity index (χ0n) is 10.8. The van der Waals surface area contributed by atoms with Gasteiger partial charge in [-0.25, -0.2) is 0 Å². The molecule has 0 saturated heterocycles. The number of phenols is 1. The Balaban J connectivity index is 3.41. The van der Waals surface area contributed by atoms with Crippen LogP contribution in [0.4, 0.5) is 17.1 Å². The van der Waals surface area contributed by atoms with Gasteiger partial charge in [-0.05, 0) is 10.3 Å². The van der Waals surface area contributed by atoms with Gasteiger partial charge >= 0.3 is 11.4 Å². The molecule has 1 aromatic rings. The number of rotatable bonds is 5. The van der Waals surface area contributed by atoms with Gasteiger partial charge in [-0.2, -0.15) is 4.28 Å². The molecule has 0 fully saturated rings. The predicted molar refractivity (Wildman–Crippen MR) is 71.2 cm³/mol. The van der Waals surface area contributed by atoms with Crippen molar-refractivity contribution in [1.29, 1.82) is 0 Å². The van der Waals surface area contributed by atoms with E-state index in [0.29, 0.717) is 12.1 Å². The second-order valence-corrected chi connectivity index (χ2v) is 8.00. The van der Waals surface area contributed by atoms with Crippen molar-refractivity contribution in [2.24, 2.45) is 0 Å². The summed E-state index contributed by atoms with van der Waals surface area (Å²) >= 11 is 0. The van der Waals surface area contributed by atoms with Crippen molar-refractivity contribution in [3.05, 3.63) is 37.3 Å². The fourth-order valence-corrected chi connectivity index (χ4v) is 1.70. The highest BCUT2D eigenvalue weighted by molar-refractivity contribution is 8.28. The number of nitrogens with zero attached hydrogens (tertiary/aromatic N) is 3. The summed E-state index contributed by atoms with van der Waals surface area (Å²) < 4.78 is 4.93. The van der Waals surface area contributed by atoms with Crippen LogP contribution in [0.2, 0.25) is 0 Å². The molecule has 0 atom stereocenters. The highest BCUT2D eigenvalue weighted by Crippen LogP contribution is 2.43. The summed E-state index contributed by atoms with van der Waals surface area (Å²) in [5.41, 5.74) is -2.33. The van der Waals surface area contributed by atoms with Crippen LogP contribution in [0.3, 0.4) is 0 Å². The van der Waals surface area contributed by atoms with Crippen molar-refractivity contribution in [3.63, 3.8) is 0 Å². The third-order valence-electron chi connectivity index (χ3n) is 1.95. The van der Waals surface area contributed by atoms with E-state index in [-0.39, 0.29) is 4.92 Å². The third-order valence-corrected chi connectivity index (χ3v) is 2.53. The normalized spacial score (nSPS) is 11.8. The molecule has 0 bridgehead atoms. The van der Waals surface area contributed by atoms with Crippen LogP contribution in [-0.2, 0) is 4.28 Å². The number of aromatic hydroxyl groups is 1. The Kier molecular flexibility index (Phi) is 4.13. The first-order valence-electron chi connectivity index (χ1n) is 5.04. The van der Waals surface area contributed by atoms with Crippen LogP contribution in [-0.4, -0.2) is 38.6 Å². The summed E-state index contributed by atoms with van der Waals surface area (Å²) in [5, 5.41) is 31.1. The van der Waals surface area contributed by atoms with Gasteiger partial charge in [-0.15, -0.1) is 0 Å². The van der Waals surface area contributed by atoms with E-state index in [9.17, 15) is 30.2 Å². The Morgan fingerprint density at radius 2 is 1.55 bits per heavy atom. The first-order chi connectivity index (χ1) is 9.03. The maximum absolute atomic E-state index is 11.7. The van der Waals surface area contributed by atoms with Crippen molar-refractivity contribution in [3.8, 4) is 5.75 Å². The minimum Gasteiger partial charge on any atom is -0.497 e. The number of nitro benzene ring substituents is 2. The average molecular weight is 306 g/mol. The summed E-state index contributed by atoms with van der Waals surface area (Å²) in [6.07, 6.45) is 4.84. The lowest BCUT2D eigenvalue weighted by atomic mass is 10.2. The van der Waals surface area contributed by atoms with E-state index in [0.717, 1.165) is 0 Å². The number of hydrogen-bond donors (Lipinski definition) is 1. The molecule has 10 nitrogen and oxygen atoms in total. The molecule has 0 aromatic heterocycles.